The monoisotopic (exact) mass is 182 g/mol. The molecule has 0 aliphatic rings. The zero-order valence-electron chi connectivity index (χ0n) is 7.87. The Balaban J connectivity index is 2.31. The number of nitrogens with zero attached hydrogens (tertiary/aromatic N) is 2. The van der Waals surface area contributed by atoms with Crippen LogP contribution >= 0.6 is 0 Å². The minimum atomic E-state index is 0.0545. The number of carbonyl (C=O) groups is 1. The van der Waals surface area contributed by atoms with Crippen LogP contribution in [0.2, 0.25) is 0 Å². The van der Waals surface area contributed by atoms with Gasteiger partial charge in [-0.15, -0.1) is 0 Å². The van der Waals surface area contributed by atoms with E-state index in [1.165, 1.54) is 6.33 Å². The first kappa shape index (κ1) is 9.70. The van der Waals surface area contributed by atoms with E-state index < -0.39 is 0 Å². The number of H-pyrrole nitrogens is 1. The highest BCUT2D eigenvalue weighted by atomic mass is 16.1. The highest BCUT2D eigenvalue weighted by Gasteiger charge is 2.09. The summed E-state index contributed by atoms with van der Waals surface area (Å²) in [5.74, 6) is 0.790. The molecule has 0 saturated carbocycles. The second-order valence-corrected chi connectivity index (χ2v) is 2.96. The number of nitrogens with one attached hydrogen (secondary N) is 2. The van der Waals surface area contributed by atoms with Crippen molar-refractivity contribution in [2.75, 3.05) is 0 Å². The van der Waals surface area contributed by atoms with E-state index in [0.29, 0.717) is 12.4 Å². The molecular weight excluding hydrogens is 168 g/mol. The number of aromatic nitrogens is 3. The molecule has 0 saturated heterocycles. The van der Waals surface area contributed by atoms with E-state index in [1.54, 1.807) is 0 Å². The van der Waals surface area contributed by atoms with Crippen LogP contribution in [0.15, 0.2) is 6.33 Å². The Morgan fingerprint density at radius 3 is 3.08 bits per heavy atom. The van der Waals surface area contributed by atoms with Crippen LogP contribution < -0.4 is 5.32 Å². The van der Waals surface area contributed by atoms with Gasteiger partial charge in [0.05, 0.1) is 6.54 Å². The van der Waals surface area contributed by atoms with Crippen molar-refractivity contribution in [2.24, 2.45) is 5.92 Å². The molecule has 1 aromatic rings. The Hall–Kier alpha value is -1.39. The summed E-state index contributed by atoms with van der Waals surface area (Å²) in [4.78, 5) is 15.2. The number of rotatable bonds is 4. The minimum Gasteiger partial charge on any atom is -0.349 e. The van der Waals surface area contributed by atoms with Crippen LogP contribution in [0.3, 0.4) is 0 Å². The van der Waals surface area contributed by atoms with Crippen LogP contribution in [0.4, 0.5) is 0 Å². The van der Waals surface area contributed by atoms with Crippen LogP contribution in [-0.2, 0) is 11.3 Å². The van der Waals surface area contributed by atoms with E-state index >= 15 is 0 Å². The van der Waals surface area contributed by atoms with E-state index in [1.807, 2.05) is 13.8 Å². The molecule has 0 radical (unpaired) electrons. The van der Waals surface area contributed by atoms with E-state index in [0.717, 1.165) is 6.42 Å². The maximum absolute atomic E-state index is 11.3. The fourth-order valence-electron chi connectivity index (χ4n) is 0.846. The molecule has 0 aliphatic carbocycles. The SMILES string of the molecule is CCC(C)C(=O)NCc1ncn[nH]1. The third-order valence-electron chi connectivity index (χ3n) is 1.95. The van der Waals surface area contributed by atoms with Gasteiger partial charge >= 0.3 is 0 Å². The molecule has 1 amide bonds. The molecule has 0 fully saturated rings. The highest BCUT2D eigenvalue weighted by Crippen LogP contribution is 1.99. The van der Waals surface area contributed by atoms with Gasteiger partial charge in [0.25, 0.3) is 0 Å². The molecule has 0 aromatic carbocycles. The molecule has 2 N–H and O–H groups in total. The zero-order chi connectivity index (χ0) is 9.68. The molecule has 0 bridgehead atoms. The summed E-state index contributed by atoms with van der Waals surface area (Å²) in [6.07, 6.45) is 2.27. The molecule has 1 atom stereocenters. The smallest absolute Gasteiger partial charge is 0.223 e. The van der Waals surface area contributed by atoms with Gasteiger partial charge in [0, 0.05) is 5.92 Å². The fraction of sp³-hybridized carbons (Fsp3) is 0.625. The van der Waals surface area contributed by atoms with Crippen LogP contribution in [0, 0.1) is 5.92 Å². The molecular formula is C8H14N4O. The molecule has 1 rings (SSSR count). The van der Waals surface area contributed by atoms with Gasteiger partial charge in [0.15, 0.2) is 0 Å². The van der Waals surface area contributed by atoms with E-state index in [2.05, 4.69) is 20.5 Å². The largest absolute Gasteiger partial charge is 0.349 e. The second-order valence-electron chi connectivity index (χ2n) is 2.96. The lowest BCUT2D eigenvalue weighted by Gasteiger charge is -2.07. The molecule has 1 unspecified atom stereocenters. The van der Waals surface area contributed by atoms with Gasteiger partial charge in [0.1, 0.15) is 12.2 Å². The first-order valence-electron chi connectivity index (χ1n) is 4.36. The van der Waals surface area contributed by atoms with E-state index in [4.69, 9.17) is 0 Å². The van der Waals surface area contributed by atoms with Crippen molar-refractivity contribution < 1.29 is 4.79 Å². The third kappa shape index (κ3) is 2.85. The van der Waals surface area contributed by atoms with Crippen LogP contribution in [-0.4, -0.2) is 21.1 Å². The Morgan fingerprint density at radius 2 is 2.54 bits per heavy atom. The molecule has 0 spiro atoms. The third-order valence-corrected chi connectivity index (χ3v) is 1.95. The minimum absolute atomic E-state index is 0.0545. The summed E-state index contributed by atoms with van der Waals surface area (Å²) in [6, 6.07) is 0. The van der Waals surface area contributed by atoms with Crippen molar-refractivity contribution in [2.45, 2.75) is 26.8 Å². The molecule has 0 aliphatic heterocycles. The zero-order valence-corrected chi connectivity index (χ0v) is 7.87. The predicted octanol–water partition coefficient (Wildman–Crippen LogP) is 0.467. The van der Waals surface area contributed by atoms with Crippen molar-refractivity contribution in [1.29, 1.82) is 0 Å². The summed E-state index contributed by atoms with van der Waals surface area (Å²) in [5.41, 5.74) is 0. The standard InChI is InChI=1S/C8H14N4O/c1-3-6(2)8(13)9-4-7-10-5-11-12-7/h5-6H,3-4H2,1-2H3,(H,9,13)(H,10,11,12). The molecule has 1 aromatic heterocycles. The second kappa shape index (κ2) is 4.59. The normalized spacial score (nSPS) is 12.5. The predicted molar refractivity (Wildman–Crippen MR) is 47.7 cm³/mol. The first-order chi connectivity index (χ1) is 6.24. The summed E-state index contributed by atoms with van der Waals surface area (Å²) in [7, 11) is 0. The summed E-state index contributed by atoms with van der Waals surface area (Å²) >= 11 is 0. The molecule has 72 valence electrons. The van der Waals surface area contributed by atoms with Crippen molar-refractivity contribution in [3.63, 3.8) is 0 Å². The van der Waals surface area contributed by atoms with Gasteiger partial charge in [0.2, 0.25) is 5.91 Å². The number of hydrogen-bond acceptors (Lipinski definition) is 3. The summed E-state index contributed by atoms with van der Waals surface area (Å²) in [6.45, 7) is 4.30. The van der Waals surface area contributed by atoms with Crippen molar-refractivity contribution in [1.82, 2.24) is 20.5 Å². The van der Waals surface area contributed by atoms with Crippen molar-refractivity contribution in [3.05, 3.63) is 12.2 Å². The fourth-order valence-corrected chi connectivity index (χ4v) is 0.846. The van der Waals surface area contributed by atoms with Gasteiger partial charge in [-0.1, -0.05) is 13.8 Å². The molecule has 5 nitrogen and oxygen atoms in total. The van der Waals surface area contributed by atoms with Crippen LogP contribution in [0.5, 0.6) is 0 Å². The highest BCUT2D eigenvalue weighted by molar-refractivity contribution is 5.77. The maximum Gasteiger partial charge on any atom is 0.223 e. The summed E-state index contributed by atoms with van der Waals surface area (Å²) < 4.78 is 0. The van der Waals surface area contributed by atoms with Gasteiger partial charge < -0.3 is 5.32 Å². The molecule has 13 heavy (non-hydrogen) atoms. The Morgan fingerprint density at radius 1 is 1.77 bits per heavy atom. The number of hydrogen-bond donors (Lipinski definition) is 2. The van der Waals surface area contributed by atoms with Crippen molar-refractivity contribution >= 4 is 5.91 Å². The van der Waals surface area contributed by atoms with Gasteiger partial charge in [-0.05, 0) is 6.42 Å². The average Bonchev–Trinajstić information content (AvgIpc) is 2.65. The average molecular weight is 182 g/mol. The Kier molecular flexibility index (Phi) is 3.42. The van der Waals surface area contributed by atoms with Gasteiger partial charge in [-0.2, -0.15) is 5.10 Å². The maximum atomic E-state index is 11.3. The van der Waals surface area contributed by atoms with Crippen LogP contribution in [0.25, 0.3) is 0 Å². The Bertz CT molecular complexity index is 257. The van der Waals surface area contributed by atoms with Crippen LogP contribution in [0.1, 0.15) is 26.1 Å². The van der Waals surface area contributed by atoms with Crippen molar-refractivity contribution in [3.8, 4) is 0 Å². The quantitative estimate of drug-likeness (QED) is 0.711. The number of amides is 1. The Labute approximate surface area is 76.9 Å². The lowest BCUT2D eigenvalue weighted by Crippen LogP contribution is -2.28. The number of carbonyl (C=O) groups excluding carboxylic acids is 1. The van der Waals surface area contributed by atoms with Gasteiger partial charge in [-0.25, -0.2) is 4.98 Å². The topological polar surface area (TPSA) is 70.7 Å². The van der Waals surface area contributed by atoms with E-state index in [9.17, 15) is 4.79 Å². The lowest BCUT2D eigenvalue weighted by molar-refractivity contribution is -0.124. The van der Waals surface area contributed by atoms with E-state index in [-0.39, 0.29) is 11.8 Å². The number of aromatic amines is 1. The van der Waals surface area contributed by atoms with Gasteiger partial charge in [-0.3, -0.25) is 9.89 Å². The molecule has 5 heteroatoms. The first-order valence-corrected chi connectivity index (χ1v) is 4.36. The lowest BCUT2D eigenvalue weighted by atomic mass is 10.1. The molecule has 1 heterocycles. The summed E-state index contributed by atoms with van der Waals surface area (Å²) in [5, 5.41) is 9.11.